The van der Waals surface area contributed by atoms with Gasteiger partial charge in [0.25, 0.3) is 10.0 Å². The lowest BCUT2D eigenvalue weighted by atomic mass is 10.2. The molecule has 1 N–H and O–H groups in total. The van der Waals surface area contributed by atoms with Crippen LogP contribution in [0.3, 0.4) is 0 Å². The molecule has 6 heteroatoms. The van der Waals surface area contributed by atoms with Crippen LogP contribution in [0.2, 0.25) is 5.02 Å². The van der Waals surface area contributed by atoms with Crippen LogP contribution in [0.4, 0.5) is 0 Å². The lowest BCUT2D eigenvalue weighted by Crippen LogP contribution is -2.28. The zero-order chi connectivity index (χ0) is 11.6. The molecular weight excluding hydrogens is 238 g/mol. The minimum absolute atomic E-state index is 0.0114. The molecule has 0 bridgehead atoms. The van der Waals surface area contributed by atoms with Crippen molar-refractivity contribution in [1.29, 1.82) is 0 Å². The Hall–Kier alpha value is -1.07. The number of aryl methyl sites for hydroxylation is 1. The summed E-state index contributed by atoms with van der Waals surface area (Å²) in [6, 6.07) is 4.37. The van der Waals surface area contributed by atoms with Crippen LogP contribution < -0.4 is 4.72 Å². The van der Waals surface area contributed by atoms with Gasteiger partial charge in [-0.1, -0.05) is 11.6 Å². The van der Waals surface area contributed by atoms with Gasteiger partial charge in [0.15, 0.2) is 0 Å². The Labute approximate surface area is 93.3 Å². The van der Waals surface area contributed by atoms with E-state index in [2.05, 4.69) is 0 Å². The zero-order valence-corrected chi connectivity index (χ0v) is 9.82. The number of benzene rings is 1. The normalized spacial score (nSPS) is 11.1. The minimum atomic E-state index is -3.79. The van der Waals surface area contributed by atoms with Crippen LogP contribution in [-0.4, -0.2) is 14.3 Å². The molecule has 1 aromatic rings. The third-order valence-corrected chi connectivity index (χ3v) is 3.23. The van der Waals surface area contributed by atoms with Crippen molar-refractivity contribution in [3.05, 3.63) is 28.8 Å². The fraction of sp³-hybridized carbons (Fsp3) is 0.222. The molecule has 4 nitrogen and oxygen atoms in total. The van der Waals surface area contributed by atoms with E-state index in [-0.39, 0.29) is 4.90 Å². The summed E-state index contributed by atoms with van der Waals surface area (Å²) < 4.78 is 25.0. The number of amides is 1. The Morgan fingerprint density at radius 3 is 2.40 bits per heavy atom. The molecule has 1 amide bonds. The van der Waals surface area contributed by atoms with E-state index in [1.54, 1.807) is 13.0 Å². The number of hydrogen-bond acceptors (Lipinski definition) is 3. The first-order valence-electron chi connectivity index (χ1n) is 4.12. The molecule has 1 aromatic carbocycles. The summed E-state index contributed by atoms with van der Waals surface area (Å²) in [7, 11) is -3.79. The lowest BCUT2D eigenvalue weighted by Gasteiger charge is -2.05. The summed E-state index contributed by atoms with van der Waals surface area (Å²) in [6.45, 7) is 2.85. The number of carbonyl (C=O) groups is 1. The fourth-order valence-electron chi connectivity index (χ4n) is 1.11. The molecule has 0 atom stereocenters. The van der Waals surface area contributed by atoms with E-state index in [1.165, 1.54) is 12.1 Å². The van der Waals surface area contributed by atoms with E-state index >= 15 is 0 Å². The maximum atomic E-state index is 11.6. The second-order valence-corrected chi connectivity index (χ2v) is 5.24. The summed E-state index contributed by atoms with van der Waals surface area (Å²) in [6.07, 6.45) is 0. The Morgan fingerprint density at radius 1 is 1.33 bits per heavy atom. The van der Waals surface area contributed by atoms with E-state index < -0.39 is 15.9 Å². The van der Waals surface area contributed by atoms with Gasteiger partial charge in [0.05, 0.1) is 4.90 Å². The Morgan fingerprint density at radius 2 is 1.93 bits per heavy atom. The molecule has 0 aromatic heterocycles. The average molecular weight is 248 g/mol. The molecule has 0 aliphatic rings. The molecule has 0 aliphatic heterocycles. The monoisotopic (exact) mass is 247 g/mol. The molecule has 0 radical (unpaired) electrons. The van der Waals surface area contributed by atoms with Gasteiger partial charge >= 0.3 is 0 Å². The molecular formula is C9H10ClNO3S. The van der Waals surface area contributed by atoms with Crippen molar-refractivity contribution in [3.8, 4) is 0 Å². The minimum Gasteiger partial charge on any atom is -0.274 e. The van der Waals surface area contributed by atoms with Crippen LogP contribution in [0.25, 0.3) is 0 Å². The third kappa shape index (κ3) is 3.21. The first kappa shape index (κ1) is 12.0. The van der Waals surface area contributed by atoms with E-state index in [0.717, 1.165) is 6.92 Å². The van der Waals surface area contributed by atoms with Crippen molar-refractivity contribution in [2.24, 2.45) is 0 Å². The Bertz CT molecular complexity index is 476. The van der Waals surface area contributed by atoms with Gasteiger partial charge in [0.2, 0.25) is 5.91 Å². The van der Waals surface area contributed by atoms with E-state index in [4.69, 9.17) is 11.6 Å². The summed E-state index contributed by atoms with van der Waals surface area (Å²) in [5.74, 6) is -0.632. The van der Waals surface area contributed by atoms with Gasteiger partial charge in [-0.2, -0.15) is 0 Å². The van der Waals surface area contributed by atoms with Crippen molar-refractivity contribution >= 4 is 27.5 Å². The first-order valence-corrected chi connectivity index (χ1v) is 5.98. The summed E-state index contributed by atoms with van der Waals surface area (Å²) in [5.41, 5.74) is 0.714. The van der Waals surface area contributed by atoms with Crippen LogP contribution in [0.1, 0.15) is 12.5 Å². The smallest absolute Gasteiger partial charge is 0.264 e. The topological polar surface area (TPSA) is 63.2 Å². The second kappa shape index (κ2) is 4.20. The third-order valence-electron chi connectivity index (χ3n) is 1.60. The number of halogens is 1. The van der Waals surface area contributed by atoms with Gasteiger partial charge in [-0.3, -0.25) is 4.79 Å². The van der Waals surface area contributed by atoms with Gasteiger partial charge in [-0.15, -0.1) is 0 Å². The maximum absolute atomic E-state index is 11.6. The van der Waals surface area contributed by atoms with E-state index in [0.29, 0.717) is 10.6 Å². The molecule has 82 valence electrons. The standard InChI is InChI=1S/C9H10ClNO3S/c1-6-3-8(10)5-9(4-6)15(13,14)11-7(2)12/h3-5H,1-2H3,(H,11,12). The van der Waals surface area contributed by atoms with Crippen molar-refractivity contribution in [2.45, 2.75) is 18.7 Å². The average Bonchev–Trinajstić information content (AvgIpc) is 1.99. The number of sulfonamides is 1. The van der Waals surface area contributed by atoms with Crippen LogP contribution in [0.5, 0.6) is 0 Å². The second-order valence-electron chi connectivity index (χ2n) is 3.13. The summed E-state index contributed by atoms with van der Waals surface area (Å²) in [5, 5.41) is 0.318. The maximum Gasteiger partial charge on any atom is 0.264 e. The number of nitrogens with one attached hydrogen (secondary N) is 1. The zero-order valence-electron chi connectivity index (χ0n) is 8.24. The van der Waals surface area contributed by atoms with Crippen LogP contribution in [-0.2, 0) is 14.8 Å². The molecule has 0 saturated heterocycles. The van der Waals surface area contributed by atoms with Crippen molar-refractivity contribution in [1.82, 2.24) is 4.72 Å². The predicted molar refractivity (Wildman–Crippen MR) is 57.2 cm³/mol. The molecule has 15 heavy (non-hydrogen) atoms. The van der Waals surface area contributed by atoms with Crippen molar-refractivity contribution < 1.29 is 13.2 Å². The lowest BCUT2D eigenvalue weighted by molar-refractivity contribution is -0.117. The van der Waals surface area contributed by atoms with Gasteiger partial charge in [-0.05, 0) is 30.7 Å². The van der Waals surface area contributed by atoms with Gasteiger partial charge < -0.3 is 0 Å². The number of rotatable bonds is 2. The highest BCUT2D eigenvalue weighted by Gasteiger charge is 2.15. The molecule has 0 fully saturated rings. The fourth-order valence-corrected chi connectivity index (χ4v) is 2.58. The van der Waals surface area contributed by atoms with Crippen LogP contribution in [0, 0.1) is 6.92 Å². The number of carbonyl (C=O) groups excluding carboxylic acids is 1. The van der Waals surface area contributed by atoms with Crippen LogP contribution in [0.15, 0.2) is 23.1 Å². The Balaban J connectivity index is 3.21. The molecule has 0 heterocycles. The van der Waals surface area contributed by atoms with Crippen molar-refractivity contribution in [3.63, 3.8) is 0 Å². The molecule has 0 spiro atoms. The summed E-state index contributed by atoms with van der Waals surface area (Å²) >= 11 is 5.72. The van der Waals surface area contributed by atoms with E-state index in [1.807, 2.05) is 4.72 Å². The predicted octanol–water partition coefficient (Wildman–Crippen LogP) is 1.47. The van der Waals surface area contributed by atoms with E-state index in [9.17, 15) is 13.2 Å². The van der Waals surface area contributed by atoms with Gasteiger partial charge in [-0.25, -0.2) is 13.1 Å². The molecule has 0 aliphatic carbocycles. The highest BCUT2D eigenvalue weighted by molar-refractivity contribution is 7.90. The van der Waals surface area contributed by atoms with Crippen LogP contribution >= 0.6 is 11.6 Å². The van der Waals surface area contributed by atoms with Crippen molar-refractivity contribution in [2.75, 3.05) is 0 Å². The SMILES string of the molecule is CC(=O)NS(=O)(=O)c1cc(C)cc(Cl)c1. The largest absolute Gasteiger partial charge is 0.274 e. The quantitative estimate of drug-likeness (QED) is 0.861. The summed E-state index contributed by atoms with van der Waals surface area (Å²) in [4.78, 5) is 10.7. The number of hydrogen-bond donors (Lipinski definition) is 1. The Kier molecular flexibility index (Phi) is 3.36. The van der Waals surface area contributed by atoms with Gasteiger partial charge in [0.1, 0.15) is 0 Å². The van der Waals surface area contributed by atoms with Gasteiger partial charge in [0, 0.05) is 11.9 Å². The highest BCUT2D eigenvalue weighted by atomic mass is 35.5. The molecule has 1 rings (SSSR count). The first-order chi connectivity index (χ1) is 6.81. The molecule has 0 saturated carbocycles. The molecule has 0 unspecified atom stereocenters. The highest BCUT2D eigenvalue weighted by Crippen LogP contribution is 2.18.